The van der Waals surface area contributed by atoms with Gasteiger partial charge < -0.3 is 9.84 Å². The number of halogens is 3. The molecule has 180 valence electrons. The van der Waals surface area contributed by atoms with Crippen molar-refractivity contribution in [1.29, 1.82) is 0 Å². The summed E-state index contributed by atoms with van der Waals surface area (Å²) in [6.45, 7) is 3.95. The van der Waals surface area contributed by atoms with Crippen LogP contribution in [0.15, 0.2) is 66.2 Å². The number of Topliss-reactive ketones (excluding diaryl/α,β-unsaturated/α-hetero) is 1. The Bertz CT molecular complexity index is 1330. The normalized spacial score (nSPS) is 17.3. The monoisotopic (exact) mass is 513 g/mol. The van der Waals surface area contributed by atoms with Crippen molar-refractivity contribution < 1.29 is 23.8 Å². The molecule has 3 aromatic carbocycles. The van der Waals surface area contributed by atoms with Crippen LogP contribution in [-0.2, 0) is 9.59 Å². The summed E-state index contributed by atoms with van der Waals surface area (Å²) in [6.07, 6.45) is 0. The minimum Gasteiger partial charge on any atom is -0.507 e. The van der Waals surface area contributed by atoms with Crippen LogP contribution in [0.3, 0.4) is 0 Å². The quantitative estimate of drug-likeness (QED) is 0.229. The fourth-order valence-corrected chi connectivity index (χ4v) is 4.74. The third-order valence-corrected chi connectivity index (χ3v) is 6.32. The van der Waals surface area contributed by atoms with Crippen LogP contribution in [0, 0.1) is 5.82 Å². The van der Waals surface area contributed by atoms with E-state index in [2.05, 4.69) is 0 Å². The number of nitrogens with zero attached hydrogens (tertiary/aromatic N) is 1. The van der Waals surface area contributed by atoms with E-state index in [1.54, 1.807) is 25.3 Å². The number of aliphatic hydroxyl groups is 1. The number of carbonyl (C=O) groups is 2. The summed E-state index contributed by atoms with van der Waals surface area (Å²) in [4.78, 5) is 27.8. The van der Waals surface area contributed by atoms with Crippen molar-refractivity contribution in [1.82, 2.24) is 0 Å². The van der Waals surface area contributed by atoms with Crippen LogP contribution >= 0.6 is 23.2 Å². The van der Waals surface area contributed by atoms with Crippen molar-refractivity contribution in [3.8, 4) is 5.75 Å². The van der Waals surface area contributed by atoms with Crippen LogP contribution in [0.2, 0.25) is 10.0 Å². The molecule has 0 aliphatic carbocycles. The summed E-state index contributed by atoms with van der Waals surface area (Å²) >= 11 is 12.3. The van der Waals surface area contributed by atoms with E-state index in [1.807, 2.05) is 13.8 Å². The van der Waals surface area contributed by atoms with Crippen LogP contribution in [0.1, 0.15) is 42.5 Å². The largest absolute Gasteiger partial charge is 0.507 e. The molecule has 1 fully saturated rings. The lowest BCUT2D eigenvalue weighted by Gasteiger charge is -2.26. The number of anilines is 1. The zero-order chi connectivity index (χ0) is 25.4. The zero-order valence-corrected chi connectivity index (χ0v) is 20.7. The second-order valence-corrected chi connectivity index (χ2v) is 9.33. The maximum Gasteiger partial charge on any atom is 0.300 e. The molecule has 1 atom stereocenters. The van der Waals surface area contributed by atoms with Gasteiger partial charge >= 0.3 is 0 Å². The molecule has 1 N–H and O–H groups in total. The van der Waals surface area contributed by atoms with Crippen molar-refractivity contribution in [3.63, 3.8) is 0 Å². The van der Waals surface area contributed by atoms with Gasteiger partial charge in [0.25, 0.3) is 11.7 Å². The van der Waals surface area contributed by atoms with Gasteiger partial charge in [0.1, 0.15) is 17.3 Å². The third kappa shape index (κ3) is 4.64. The van der Waals surface area contributed by atoms with Gasteiger partial charge in [-0.15, -0.1) is 0 Å². The van der Waals surface area contributed by atoms with Gasteiger partial charge in [0.2, 0.25) is 0 Å². The molecule has 35 heavy (non-hydrogen) atoms. The van der Waals surface area contributed by atoms with Crippen LogP contribution < -0.4 is 9.64 Å². The molecule has 1 aliphatic rings. The highest BCUT2D eigenvalue weighted by molar-refractivity contribution is 6.52. The average Bonchev–Trinajstić information content (AvgIpc) is 3.08. The SMILES string of the molecule is COc1ccc(/C(O)=C2/C(=O)C(=O)N(c3cc(Cl)cc(Cl)c3)C2c2ccc(F)cc2)cc1C(C)C. The fourth-order valence-electron chi connectivity index (χ4n) is 4.23. The van der Waals surface area contributed by atoms with Gasteiger partial charge in [0, 0.05) is 21.3 Å². The average molecular weight is 514 g/mol. The molecule has 5 nitrogen and oxygen atoms in total. The van der Waals surface area contributed by atoms with Gasteiger partial charge in [0.15, 0.2) is 0 Å². The Labute approximate surface area is 212 Å². The number of rotatable bonds is 5. The summed E-state index contributed by atoms with van der Waals surface area (Å²) in [7, 11) is 1.55. The molecular formula is C27H22Cl2FNO4. The number of carbonyl (C=O) groups excluding carboxylic acids is 2. The number of ether oxygens (including phenoxy) is 1. The lowest BCUT2D eigenvalue weighted by atomic mass is 9.93. The lowest BCUT2D eigenvalue weighted by Crippen LogP contribution is -2.29. The molecule has 1 unspecified atom stereocenters. The second kappa shape index (κ2) is 9.72. The first-order chi connectivity index (χ1) is 16.6. The van der Waals surface area contributed by atoms with Gasteiger partial charge in [0.05, 0.1) is 18.7 Å². The molecule has 0 aromatic heterocycles. The van der Waals surface area contributed by atoms with E-state index >= 15 is 0 Å². The molecular weight excluding hydrogens is 492 g/mol. The predicted molar refractivity (Wildman–Crippen MR) is 135 cm³/mol. The number of benzene rings is 3. The second-order valence-electron chi connectivity index (χ2n) is 8.46. The van der Waals surface area contributed by atoms with Gasteiger partial charge in [-0.25, -0.2) is 4.39 Å². The van der Waals surface area contributed by atoms with E-state index < -0.39 is 23.5 Å². The number of hydrogen-bond acceptors (Lipinski definition) is 4. The Morgan fingerprint density at radius 2 is 1.63 bits per heavy atom. The Kier molecular flexibility index (Phi) is 6.88. The third-order valence-electron chi connectivity index (χ3n) is 5.88. The number of aliphatic hydroxyl groups excluding tert-OH is 1. The Hall–Kier alpha value is -3.35. The van der Waals surface area contributed by atoms with E-state index in [1.165, 1.54) is 47.4 Å². The Balaban J connectivity index is 1.96. The van der Waals surface area contributed by atoms with Crippen molar-refractivity contribution >= 4 is 46.3 Å². The van der Waals surface area contributed by atoms with Crippen LogP contribution in [0.5, 0.6) is 5.75 Å². The van der Waals surface area contributed by atoms with Gasteiger partial charge in [-0.1, -0.05) is 49.2 Å². The minimum absolute atomic E-state index is 0.0709. The number of methoxy groups -OCH3 is 1. The molecule has 3 aromatic rings. The van der Waals surface area contributed by atoms with E-state index in [4.69, 9.17) is 27.9 Å². The minimum atomic E-state index is -1.03. The maximum atomic E-state index is 13.7. The molecule has 1 heterocycles. The number of hydrogen-bond donors (Lipinski definition) is 1. The molecule has 4 rings (SSSR count). The van der Waals surface area contributed by atoms with Crippen LogP contribution in [0.4, 0.5) is 10.1 Å². The summed E-state index contributed by atoms with van der Waals surface area (Å²) in [5, 5.41) is 11.9. The van der Waals surface area contributed by atoms with Gasteiger partial charge in [-0.2, -0.15) is 0 Å². The summed E-state index contributed by atoms with van der Waals surface area (Å²) in [5.74, 6) is -1.86. The standard InChI is InChI=1S/C27H22Cl2FNO4/c1-14(2)21-10-16(6-9-22(21)35-3)25(32)23-24(15-4-7-19(30)8-5-15)31(27(34)26(23)33)20-12-17(28)11-18(29)13-20/h4-14,24,32H,1-3H3/b25-23-. The number of ketones is 1. The van der Waals surface area contributed by atoms with E-state index in [9.17, 15) is 19.1 Å². The van der Waals surface area contributed by atoms with Gasteiger partial charge in [-0.3, -0.25) is 14.5 Å². The lowest BCUT2D eigenvalue weighted by molar-refractivity contribution is -0.132. The molecule has 8 heteroatoms. The Morgan fingerprint density at radius 1 is 1.00 bits per heavy atom. The Morgan fingerprint density at radius 3 is 2.20 bits per heavy atom. The molecule has 1 aliphatic heterocycles. The summed E-state index contributed by atoms with van der Waals surface area (Å²) in [5.41, 5.74) is 1.75. The molecule has 1 saturated heterocycles. The molecule has 1 amide bonds. The topological polar surface area (TPSA) is 66.8 Å². The highest BCUT2D eigenvalue weighted by Gasteiger charge is 2.47. The number of amides is 1. The smallest absolute Gasteiger partial charge is 0.300 e. The molecule has 0 saturated carbocycles. The summed E-state index contributed by atoms with van der Waals surface area (Å²) in [6, 6.07) is 13.9. The first-order valence-corrected chi connectivity index (χ1v) is 11.6. The predicted octanol–water partition coefficient (Wildman–Crippen LogP) is 6.89. The first kappa shape index (κ1) is 24.8. The molecule has 0 spiro atoms. The van der Waals surface area contributed by atoms with Crippen molar-refractivity contribution in [3.05, 3.63) is 98.8 Å². The fraction of sp³-hybridized carbons (Fsp3) is 0.185. The van der Waals surface area contributed by atoms with Gasteiger partial charge in [-0.05, 0) is 65.6 Å². The molecule has 0 bridgehead atoms. The van der Waals surface area contributed by atoms with E-state index in [-0.39, 0.29) is 33.0 Å². The van der Waals surface area contributed by atoms with Crippen LogP contribution in [-0.4, -0.2) is 23.9 Å². The highest BCUT2D eigenvalue weighted by Crippen LogP contribution is 2.44. The maximum absolute atomic E-state index is 13.7. The zero-order valence-electron chi connectivity index (χ0n) is 19.2. The van der Waals surface area contributed by atoms with Crippen LogP contribution in [0.25, 0.3) is 5.76 Å². The van der Waals surface area contributed by atoms with Crippen molar-refractivity contribution in [2.24, 2.45) is 0 Å². The van der Waals surface area contributed by atoms with E-state index in [0.717, 1.165) is 5.56 Å². The van der Waals surface area contributed by atoms with E-state index in [0.29, 0.717) is 16.9 Å². The highest BCUT2D eigenvalue weighted by atomic mass is 35.5. The van der Waals surface area contributed by atoms with Crippen molar-refractivity contribution in [2.45, 2.75) is 25.8 Å². The first-order valence-electron chi connectivity index (χ1n) is 10.8. The van der Waals surface area contributed by atoms with Crippen molar-refractivity contribution in [2.75, 3.05) is 12.0 Å². The molecule has 0 radical (unpaired) electrons. The summed E-state index contributed by atoms with van der Waals surface area (Å²) < 4.78 is 19.1.